The molecule has 1 aromatic rings. The highest BCUT2D eigenvalue weighted by atomic mass is 16.5. The van der Waals surface area contributed by atoms with Gasteiger partial charge in [-0.05, 0) is 30.7 Å². The van der Waals surface area contributed by atoms with Gasteiger partial charge in [0, 0.05) is 0 Å². The van der Waals surface area contributed by atoms with E-state index in [1.165, 1.54) is 26.3 Å². The molecule has 0 bridgehead atoms. The number of rotatable bonds is 5. The molecule has 0 saturated carbocycles. The Morgan fingerprint density at radius 3 is 2.94 bits per heavy atom. The van der Waals surface area contributed by atoms with E-state index in [0.717, 1.165) is 0 Å². The highest BCUT2D eigenvalue weighted by molar-refractivity contribution is 5.83. The molecule has 1 aromatic carbocycles. The zero-order valence-corrected chi connectivity index (χ0v) is 10.3. The highest BCUT2D eigenvalue weighted by Crippen LogP contribution is 2.25. The second kappa shape index (κ2) is 6.61. The smallest absolute Gasteiger partial charge is 0.242 e. The van der Waals surface area contributed by atoms with Crippen molar-refractivity contribution in [1.29, 1.82) is 0 Å². The molecule has 6 heteroatoms. The number of aromatic hydroxyl groups is 1. The normalized spacial score (nSPS) is 12.4. The van der Waals surface area contributed by atoms with E-state index in [0.29, 0.717) is 11.3 Å². The van der Waals surface area contributed by atoms with Gasteiger partial charge in [-0.15, -0.1) is 0 Å². The SMILES string of the molecule is COc1cc(C=NNC(=O)CC(C)O)ccc1O. The molecule has 0 spiro atoms. The second-order valence-electron chi connectivity index (χ2n) is 3.78. The summed E-state index contributed by atoms with van der Waals surface area (Å²) in [7, 11) is 1.44. The molecule has 3 N–H and O–H groups in total. The summed E-state index contributed by atoms with van der Waals surface area (Å²) in [6, 6.07) is 4.68. The number of aliphatic hydroxyl groups is 1. The van der Waals surface area contributed by atoms with Crippen LogP contribution in [0, 0.1) is 0 Å². The second-order valence-corrected chi connectivity index (χ2v) is 3.78. The van der Waals surface area contributed by atoms with Crippen molar-refractivity contribution in [3.8, 4) is 11.5 Å². The first-order valence-corrected chi connectivity index (χ1v) is 5.40. The summed E-state index contributed by atoms with van der Waals surface area (Å²) in [6.45, 7) is 1.52. The average molecular weight is 252 g/mol. The van der Waals surface area contributed by atoms with Crippen LogP contribution in [0.25, 0.3) is 0 Å². The Labute approximate surface area is 105 Å². The molecule has 1 amide bonds. The van der Waals surface area contributed by atoms with E-state index in [4.69, 9.17) is 9.84 Å². The molecular formula is C12H16N2O4. The molecule has 1 atom stereocenters. The number of phenols is 1. The summed E-state index contributed by atoms with van der Waals surface area (Å²) in [5.74, 6) is -0.00552. The third-order valence-electron chi connectivity index (χ3n) is 2.09. The lowest BCUT2D eigenvalue weighted by molar-refractivity contribution is -0.122. The van der Waals surface area contributed by atoms with Crippen molar-refractivity contribution in [1.82, 2.24) is 5.43 Å². The number of benzene rings is 1. The highest BCUT2D eigenvalue weighted by Gasteiger charge is 2.04. The molecule has 0 aromatic heterocycles. The van der Waals surface area contributed by atoms with Crippen LogP contribution in [0.5, 0.6) is 11.5 Å². The molecule has 0 aliphatic heterocycles. The van der Waals surface area contributed by atoms with Crippen molar-refractivity contribution < 1.29 is 19.7 Å². The predicted molar refractivity (Wildman–Crippen MR) is 66.7 cm³/mol. The van der Waals surface area contributed by atoms with Crippen LogP contribution in [0.3, 0.4) is 0 Å². The number of hydrazone groups is 1. The molecule has 6 nitrogen and oxygen atoms in total. The van der Waals surface area contributed by atoms with Gasteiger partial charge in [-0.3, -0.25) is 4.79 Å². The van der Waals surface area contributed by atoms with Crippen molar-refractivity contribution in [2.75, 3.05) is 7.11 Å². The van der Waals surface area contributed by atoms with Crippen molar-refractivity contribution in [2.45, 2.75) is 19.4 Å². The van der Waals surface area contributed by atoms with Gasteiger partial charge < -0.3 is 14.9 Å². The number of nitrogens with zero attached hydrogens (tertiary/aromatic N) is 1. The summed E-state index contributed by atoms with van der Waals surface area (Å²) in [5.41, 5.74) is 2.95. The van der Waals surface area contributed by atoms with Gasteiger partial charge >= 0.3 is 0 Å². The third kappa shape index (κ3) is 4.42. The van der Waals surface area contributed by atoms with Crippen LogP contribution < -0.4 is 10.2 Å². The maximum atomic E-state index is 11.2. The number of phenolic OH excluding ortho intramolecular Hbond substituents is 1. The van der Waals surface area contributed by atoms with E-state index in [2.05, 4.69) is 10.5 Å². The Balaban J connectivity index is 2.59. The topological polar surface area (TPSA) is 91.2 Å². The van der Waals surface area contributed by atoms with E-state index in [9.17, 15) is 9.90 Å². The molecule has 0 heterocycles. The molecule has 98 valence electrons. The largest absolute Gasteiger partial charge is 0.504 e. The van der Waals surface area contributed by atoms with Gasteiger partial charge in [-0.1, -0.05) is 0 Å². The van der Waals surface area contributed by atoms with Crippen LogP contribution in [0.15, 0.2) is 23.3 Å². The van der Waals surface area contributed by atoms with E-state index < -0.39 is 6.10 Å². The number of carbonyl (C=O) groups excluding carboxylic acids is 1. The molecular weight excluding hydrogens is 236 g/mol. The van der Waals surface area contributed by atoms with E-state index >= 15 is 0 Å². The molecule has 18 heavy (non-hydrogen) atoms. The van der Waals surface area contributed by atoms with Crippen LogP contribution in [-0.2, 0) is 4.79 Å². The van der Waals surface area contributed by atoms with Gasteiger partial charge in [0.2, 0.25) is 5.91 Å². The maximum absolute atomic E-state index is 11.2. The minimum atomic E-state index is -0.700. The Kier molecular flexibility index (Phi) is 5.13. The molecule has 0 radical (unpaired) electrons. The average Bonchev–Trinajstić information content (AvgIpc) is 2.30. The Bertz CT molecular complexity index is 444. The van der Waals surface area contributed by atoms with E-state index in [-0.39, 0.29) is 18.1 Å². The van der Waals surface area contributed by atoms with Crippen LogP contribution in [0.1, 0.15) is 18.9 Å². The first kappa shape index (κ1) is 14.0. The Hall–Kier alpha value is -2.08. The summed E-state index contributed by atoms with van der Waals surface area (Å²) >= 11 is 0. The summed E-state index contributed by atoms with van der Waals surface area (Å²) < 4.78 is 4.93. The lowest BCUT2D eigenvalue weighted by atomic mass is 10.2. The lowest BCUT2D eigenvalue weighted by Crippen LogP contribution is -2.21. The lowest BCUT2D eigenvalue weighted by Gasteiger charge is -2.04. The summed E-state index contributed by atoms with van der Waals surface area (Å²) in [4.78, 5) is 11.2. The van der Waals surface area contributed by atoms with Gasteiger partial charge in [-0.2, -0.15) is 5.10 Å². The maximum Gasteiger partial charge on any atom is 0.242 e. The number of hydrogen-bond donors (Lipinski definition) is 3. The molecule has 1 unspecified atom stereocenters. The molecule has 0 aliphatic carbocycles. The van der Waals surface area contributed by atoms with Crippen LogP contribution in [-0.4, -0.2) is 35.5 Å². The van der Waals surface area contributed by atoms with Crippen LogP contribution in [0.2, 0.25) is 0 Å². The van der Waals surface area contributed by atoms with Gasteiger partial charge in [0.1, 0.15) is 0 Å². The quantitative estimate of drug-likeness (QED) is 0.529. The van der Waals surface area contributed by atoms with Crippen molar-refractivity contribution in [3.05, 3.63) is 23.8 Å². The Morgan fingerprint density at radius 2 is 2.33 bits per heavy atom. The first-order valence-electron chi connectivity index (χ1n) is 5.40. The van der Waals surface area contributed by atoms with Gasteiger partial charge in [0.05, 0.1) is 25.8 Å². The standard InChI is InChI=1S/C12H16N2O4/c1-8(15)5-12(17)14-13-7-9-3-4-10(16)11(6-9)18-2/h3-4,6-8,15-16H,5H2,1-2H3,(H,14,17). The first-order chi connectivity index (χ1) is 8.52. The Morgan fingerprint density at radius 1 is 1.61 bits per heavy atom. The monoisotopic (exact) mass is 252 g/mol. The molecule has 1 rings (SSSR count). The predicted octanol–water partition coefficient (Wildman–Crippen LogP) is 0.622. The zero-order chi connectivity index (χ0) is 13.5. The number of hydrogen-bond acceptors (Lipinski definition) is 5. The number of carbonyl (C=O) groups is 1. The van der Waals surface area contributed by atoms with Crippen LogP contribution in [0.4, 0.5) is 0 Å². The zero-order valence-electron chi connectivity index (χ0n) is 10.3. The van der Waals surface area contributed by atoms with Gasteiger partial charge in [0.25, 0.3) is 0 Å². The van der Waals surface area contributed by atoms with Crippen molar-refractivity contribution in [3.63, 3.8) is 0 Å². The van der Waals surface area contributed by atoms with Crippen LogP contribution >= 0.6 is 0 Å². The minimum absolute atomic E-state index is 0.00373. The van der Waals surface area contributed by atoms with E-state index in [1.54, 1.807) is 12.1 Å². The summed E-state index contributed by atoms with van der Waals surface area (Å²) in [6.07, 6.45) is 0.715. The molecule has 0 saturated heterocycles. The molecule has 0 aliphatic rings. The van der Waals surface area contributed by atoms with Gasteiger partial charge in [-0.25, -0.2) is 5.43 Å². The fourth-order valence-corrected chi connectivity index (χ4v) is 1.27. The number of amides is 1. The fourth-order valence-electron chi connectivity index (χ4n) is 1.27. The minimum Gasteiger partial charge on any atom is -0.504 e. The number of aliphatic hydroxyl groups excluding tert-OH is 1. The van der Waals surface area contributed by atoms with E-state index in [1.807, 2.05) is 0 Å². The van der Waals surface area contributed by atoms with Crippen molar-refractivity contribution in [2.24, 2.45) is 5.10 Å². The molecule has 0 fully saturated rings. The van der Waals surface area contributed by atoms with Crippen molar-refractivity contribution >= 4 is 12.1 Å². The number of methoxy groups -OCH3 is 1. The third-order valence-corrected chi connectivity index (χ3v) is 2.09. The summed E-state index contributed by atoms with van der Waals surface area (Å²) in [5, 5.41) is 22.1. The van der Waals surface area contributed by atoms with Gasteiger partial charge in [0.15, 0.2) is 11.5 Å². The number of ether oxygens (including phenoxy) is 1. The number of nitrogens with one attached hydrogen (secondary N) is 1. The fraction of sp³-hybridized carbons (Fsp3) is 0.333.